The Morgan fingerprint density at radius 1 is 1.00 bits per heavy atom. The number of aromatic nitrogens is 3. The average Bonchev–Trinajstić information content (AvgIpc) is 2.74. The van der Waals surface area contributed by atoms with Crippen LogP contribution in [0.2, 0.25) is 0 Å². The maximum Gasteiger partial charge on any atom is 0.294 e. The van der Waals surface area contributed by atoms with E-state index in [9.17, 15) is 10.2 Å². The first-order valence-electron chi connectivity index (χ1n) is 5.08. The first-order valence-corrected chi connectivity index (χ1v) is 5.08. The topological polar surface area (TPSA) is 82.0 Å². The van der Waals surface area contributed by atoms with Gasteiger partial charge in [-0.1, -0.05) is 30.3 Å². The van der Waals surface area contributed by atoms with Gasteiger partial charge in [-0.25, -0.2) is 4.98 Å². The number of rotatable bonds is 1. The van der Waals surface area contributed by atoms with Crippen molar-refractivity contribution in [1.29, 1.82) is 0 Å². The quantitative estimate of drug-likeness (QED) is 0.593. The van der Waals surface area contributed by atoms with Crippen molar-refractivity contribution < 1.29 is 10.2 Å². The Labute approximate surface area is 96.8 Å². The van der Waals surface area contributed by atoms with Gasteiger partial charge < -0.3 is 15.2 Å². The number of aromatic amines is 1. The van der Waals surface area contributed by atoms with Crippen LogP contribution in [0.1, 0.15) is 0 Å². The molecule has 5 nitrogen and oxygen atoms in total. The minimum absolute atomic E-state index is 0.279. The van der Waals surface area contributed by atoms with Crippen molar-refractivity contribution >= 4 is 0 Å². The molecule has 0 atom stereocenters. The van der Waals surface area contributed by atoms with Crippen LogP contribution in [-0.4, -0.2) is 25.2 Å². The molecule has 0 saturated carbocycles. The van der Waals surface area contributed by atoms with E-state index < -0.39 is 0 Å². The molecule has 17 heavy (non-hydrogen) atoms. The number of nitrogens with one attached hydrogen (secondary N) is 1. The van der Waals surface area contributed by atoms with Crippen LogP contribution in [0, 0.1) is 0 Å². The molecule has 0 unspecified atom stereocenters. The molecule has 2 aliphatic rings. The lowest BCUT2D eigenvalue weighted by molar-refractivity contribution is 0.398. The number of fused-ring (bicyclic) bond motifs is 1. The van der Waals surface area contributed by atoms with Gasteiger partial charge in [0.25, 0.3) is 6.01 Å². The van der Waals surface area contributed by atoms with Gasteiger partial charge in [0.05, 0.1) is 11.4 Å². The molecule has 0 radical (unpaired) electrons. The molecule has 2 heterocycles. The Hall–Kier alpha value is -2.56. The fourth-order valence-electron chi connectivity index (χ4n) is 1.74. The molecular weight excluding hydrogens is 218 g/mol. The lowest BCUT2D eigenvalue weighted by Crippen LogP contribution is -1.87. The number of nitrogens with zero attached hydrogens (tertiary/aromatic N) is 2. The molecule has 5 heteroatoms. The summed E-state index contributed by atoms with van der Waals surface area (Å²) in [5, 5.41) is 18.8. The molecule has 0 aromatic heterocycles. The van der Waals surface area contributed by atoms with Crippen LogP contribution in [0.15, 0.2) is 36.4 Å². The molecule has 0 aliphatic carbocycles. The molecule has 1 aromatic carbocycles. The minimum atomic E-state index is -0.331. The standard InChI is InChI=1S/C12H9N3O2/c16-11-10-9(14-12(17)15-11)6-8(13-10)7-4-2-1-3-5-7/h1-6,16H,(H2,14,15,17). The van der Waals surface area contributed by atoms with Crippen molar-refractivity contribution in [3.8, 4) is 34.5 Å². The molecule has 0 spiro atoms. The van der Waals surface area contributed by atoms with E-state index in [-0.39, 0.29) is 11.9 Å². The Morgan fingerprint density at radius 3 is 2.53 bits per heavy atom. The van der Waals surface area contributed by atoms with Crippen LogP contribution in [0.4, 0.5) is 0 Å². The highest BCUT2D eigenvalue weighted by molar-refractivity contribution is 5.73. The van der Waals surface area contributed by atoms with Gasteiger partial charge in [-0.05, 0) is 6.07 Å². The van der Waals surface area contributed by atoms with Crippen LogP contribution in [0.5, 0.6) is 11.9 Å². The average molecular weight is 227 g/mol. The minimum Gasteiger partial charge on any atom is -0.492 e. The summed E-state index contributed by atoms with van der Waals surface area (Å²) in [6.45, 7) is 0. The molecule has 2 aliphatic heterocycles. The zero-order valence-electron chi connectivity index (χ0n) is 8.75. The smallest absolute Gasteiger partial charge is 0.294 e. The Balaban J connectivity index is 2.21. The zero-order chi connectivity index (χ0) is 11.8. The van der Waals surface area contributed by atoms with E-state index in [0.29, 0.717) is 11.4 Å². The predicted molar refractivity (Wildman–Crippen MR) is 61.8 cm³/mol. The molecule has 84 valence electrons. The monoisotopic (exact) mass is 227 g/mol. The van der Waals surface area contributed by atoms with Crippen molar-refractivity contribution in [2.24, 2.45) is 0 Å². The van der Waals surface area contributed by atoms with E-state index in [1.165, 1.54) is 0 Å². The van der Waals surface area contributed by atoms with Gasteiger partial charge in [-0.3, -0.25) is 0 Å². The zero-order valence-corrected chi connectivity index (χ0v) is 8.75. The molecular formula is C12H9N3O2. The van der Waals surface area contributed by atoms with Gasteiger partial charge in [-0.15, -0.1) is 0 Å². The SMILES string of the molecule is Oc1nc(O)c2nc(-c3ccccc3)cc-2[nH]1. The number of aromatic hydroxyl groups is 2. The second-order valence-electron chi connectivity index (χ2n) is 3.65. The number of H-pyrrole nitrogens is 1. The normalized spacial score (nSPS) is 10.8. The molecule has 0 amide bonds. The van der Waals surface area contributed by atoms with Crippen LogP contribution < -0.4 is 0 Å². The van der Waals surface area contributed by atoms with Crippen LogP contribution in [-0.2, 0) is 0 Å². The fourth-order valence-corrected chi connectivity index (χ4v) is 1.74. The van der Waals surface area contributed by atoms with E-state index in [0.717, 1.165) is 11.3 Å². The lowest BCUT2D eigenvalue weighted by atomic mass is 10.1. The molecule has 0 saturated heterocycles. The van der Waals surface area contributed by atoms with Gasteiger partial charge in [-0.2, -0.15) is 4.98 Å². The number of hydrogen-bond donors (Lipinski definition) is 3. The van der Waals surface area contributed by atoms with Gasteiger partial charge in [0.2, 0.25) is 5.88 Å². The summed E-state index contributed by atoms with van der Waals surface area (Å²) in [7, 11) is 0. The molecule has 3 N–H and O–H groups in total. The summed E-state index contributed by atoms with van der Waals surface area (Å²) in [6, 6.07) is 11.0. The van der Waals surface area contributed by atoms with Gasteiger partial charge in [0.1, 0.15) is 5.69 Å². The summed E-state index contributed by atoms with van der Waals surface area (Å²) < 4.78 is 0. The van der Waals surface area contributed by atoms with E-state index in [1.807, 2.05) is 30.3 Å². The summed E-state index contributed by atoms with van der Waals surface area (Å²) in [4.78, 5) is 10.4. The second kappa shape index (κ2) is 3.48. The van der Waals surface area contributed by atoms with Gasteiger partial charge in [0.15, 0.2) is 0 Å². The number of benzene rings is 1. The molecule has 0 bridgehead atoms. The summed E-state index contributed by atoms with van der Waals surface area (Å²) in [6.07, 6.45) is 0. The van der Waals surface area contributed by atoms with Crippen molar-refractivity contribution in [2.75, 3.05) is 0 Å². The van der Waals surface area contributed by atoms with E-state index >= 15 is 0 Å². The van der Waals surface area contributed by atoms with E-state index in [4.69, 9.17) is 0 Å². The number of hydrogen-bond acceptors (Lipinski definition) is 4. The maximum absolute atomic E-state index is 9.56. The highest BCUT2D eigenvalue weighted by Gasteiger charge is 2.16. The summed E-state index contributed by atoms with van der Waals surface area (Å²) >= 11 is 0. The Kier molecular flexibility index (Phi) is 1.98. The third-order valence-corrected chi connectivity index (χ3v) is 2.51. The molecule has 0 fully saturated rings. The largest absolute Gasteiger partial charge is 0.492 e. The highest BCUT2D eigenvalue weighted by Crippen LogP contribution is 2.33. The maximum atomic E-state index is 9.56. The molecule has 1 aromatic rings. The Bertz CT molecular complexity index is 634. The van der Waals surface area contributed by atoms with E-state index in [2.05, 4.69) is 15.0 Å². The summed E-state index contributed by atoms with van der Waals surface area (Å²) in [5.41, 5.74) is 2.56. The summed E-state index contributed by atoms with van der Waals surface area (Å²) in [5.74, 6) is -0.279. The first-order chi connectivity index (χ1) is 8.24. The van der Waals surface area contributed by atoms with Crippen molar-refractivity contribution in [1.82, 2.24) is 15.0 Å². The Morgan fingerprint density at radius 2 is 1.76 bits per heavy atom. The van der Waals surface area contributed by atoms with Crippen LogP contribution >= 0.6 is 0 Å². The van der Waals surface area contributed by atoms with Crippen LogP contribution in [0.3, 0.4) is 0 Å². The lowest BCUT2D eigenvalue weighted by Gasteiger charge is -1.99. The molecule has 3 rings (SSSR count). The highest BCUT2D eigenvalue weighted by atomic mass is 16.3. The van der Waals surface area contributed by atoms with Gasteiger partial charge in [0, 0.05) is 5.56 Å². The predicted octanol–water partition coefficient (Wildman–Crippen LogP) is 1.99. The first kappa shape index (κ1) is 9.65. The fraction of sp³-hybridized carbons (Fsp3) is 0. The second-order valence-corrected chi connectivity index (χ2v) is 3.65. The van der Waals surface area contributed by atoms with Gasteiger partial charge >= 0.3 is 0 Å². The van der Waals surface area contributed by atoms with Crippen LogP contribution in [0.25, 0.3) is 22.6 Å². The van der Waals surface area contributed by atoms with Crippen molar-refractivity contribution in [2.45, 2.75) is 0 Å². The van der Waals surface area contributed by atoms with Crippen molar-refractivity contribution in [3.05, 3.63) is 36.4 Å². The third-order valence-electron chi connectivity index (χ3n) is 2.51. The third kappa shape index (κ3) is 1.57. The van der Waals surface area contributed by atoms with E-state index in [1.54, 1.807) is 6.07 Å². The van der Waals surface area contributed by atoms with Crippen molar-refractivity contribution in [3.63, 3.8) is 0 Å².